The van der Waals surface area contributed by atoms with Crippen molar-refractivity contribution in [1.82, 2.24) is 0 Å². The largest absolute Gasteiger partial charge is 0.0654 e. The molecule has 0 aliphatic carbocycles. The van der Waals surface area contributed by atoms with Crippen LogP contribution in [0.25, 0.3) is 0 Å². The molecule has 0 N–H and O–H groups in total. The second kappa shape index (κ2) is 9.67. The number of rotatable bonds is 10. The molecule has 1 unspecified atom stereocenters. The summed E-state index contributed by atoms with van der Waals surface area (Å²) in [5.74, 6) is 0.562. The summed E-state index contributed by atoms with van der Waals surface area (Å²) < 4.78 is 0. The molecule has 1 atom stereocenters. The molecule has 0 heterocycles. The van der Waals surface area contributed by atoms with Gasteiger partial charge in [-0.1, -0.05) is 114 Å². The van der Waals surface area contributed by atoms with Crippen molar-refractivity contribution in [3.8, 4) is 0 Å². The first-order chi connectivity index (χ1) is 11.7. The smallest absolute Gasteiger partial charge is 0.00349 e. The SMILES string of the molecule is CCCCCCCCC(c1ccccc1)C(C)(C)c1cc[c]cc1. The minimum atomic E-state index is 0.139. The highest BCUT2D eigenvalue weighted by molar-refractivity contribution is 5.32. The van der Waals surface area contributed by atoms with Crippen LogP contribution in [0.2, 0.25) is 0 Å². The Labute approximate surface area is 149 Å². The zero-order valence-corrected chi connectivity index (χ0v) is 15.7. The Morgan fingerprint density at radius 3 is 2.12 bits per heavy atom. The van der Waals surface area contributed by atoms with Crippen molar-refractivity contribution in [2.75, 3.05) is 0 Å². The third-order valence-corrected chi connectivity index (χ3v) is 5.38. The van der Waals surface area contributed by atoms with Gasteiger partial charge in [-0.3, -0.25) is 0 Å². The van der Waals surface area contributed by atoms with Crippen molar-refractivity contribution in [1.29, 1.82) is 0 Å². The fourth-order valence-corrected chi connectivity index (χ4v) is 3.78. The van der Waals surface area contributed by atoms with Crippen LogP contribution in [0.5, 0.6) is 0 Å². The molecule has 0 aliphatic rings. The summed E-state index contributed by atoms with van der Waals surface area (Å²) in [6.07, 6.45) is 9.44. The molecule has 2 aromatic carbocycles. The van der Waals surface area contributed by atoms with Crippen molar-refractivity contribution in [3.63, 3.8) is 0 Å². The van der Waals surface area contributed by atoms with Crippen LogP contribution in [-0.2, 0) is 5.41 Å². The van der Waals surface area contributed by atoms with E-state index in [-0.39, 0.29) is 5.41 Å². The number of unbranched alkanes of at least 4 members (excludes halogenated alkanes) is 5. The summed E-state index contributed by atoms with van der Waals surface area (Å²) in [5.41, 5.74) is 3.03. The zero-order chi connectivity index (χ0) is 17.3. The topological polar surface area (TPSA) is 0 Å². The third-order valence-electron chi connectivity index (χ3n) is 5.38. The van der Waals surface area contributed by atoms with Gasteiger partial charge >= 0.3 is 0 Å². The fraction of sp³-hybridized carbons (Fsp3) is 0.500. The van der Waals surface area contributed by atoms with Gasteiger partial charge in [-0.05, 0) is 34.9 Å². The maximum atomic E-state index is 3.16. The predicted molar refractivity (Wildman–Crippen MR) is 105 cm³/mol. The van der Waals surface area contributed by atoms with E-state index in [9.17, 15) is 0 Å². The Bertz CT molecular complexity index is 553. The highest BCUT2D eigenvalue weighted by atomic mass is 14.4. The summed E-state index contributed by atoms with van der Waals surface area (Å²) in [4.78, 5) is 0. The molecular weight excluding hydrogens is 288 g/mol. The summed E-state index contributed by atoms with van der Waals surface area (Å²) in [6, 6.07) is 22.8. The van der Waals surface area contributed by atoms with Crippen LogP contribution in [0.1, 0.15) is 82.8 Å². The number of benzene rings is 2. The Morgan fingerprint density at radius 2 is 1.46 bits per heavy atom. The van der Waals surface area contributed by atoms with Crippen molar-refractivity contribution in [2.45, 2.75) is 77.0 Å². The number of hydrogen-bond donors (Lipinski definition) is 0. The molecule has 0 bridgehead atoms. The van der Waals surface area contributed by atoms with Gasteiger partial charge in [0.05, 0.1) is 0 Å². The van der Waals surface area contributed by atoms with Crippen LogP contribution in [0.3, 0.4) is 0 Å². The Hall–Kier alpha value is -1.56. The van der Waals surface area contributed by atoms with Crippen LogP contribution in [0, 0.1) is 6.07 Å². The van der Waals surface area contributed by atoms with Crippen molar-refractivity contribution in [3.05, 3.63) is 71.8 Å². The lowest BCUT2D eigenvalue weighted by Crippen LogP contribution is -2.27. The molecule has 0 fully saturated rings. The first kappa shape index (κ1) is 18.8. The molecule has 0 amide bonds. The van der Waals surface area contributed by atoms with E-state index in [0.29, 0.717) is 5.92 Å². The van der Waals surface area contributed by atoms with Gasteiger partial charge < -0.3 is 0 Å². The zero-order valence-electron chi connectivity index (χ0n) is 15.7. The van der Waals surface area contributed by atoms with Gasteiger partial charge in [-0.15, -0.1) is 0 Å². The van der Waals surface area contributed by atoms with Gasteiger partial charge in [-0.2, -0.15) is 0 Å². The molecule has 0 heteroatoms. The predicted octanol–water partition coefficient (Wildman–Crippen LogP) is 7.30. The van der Waals surface area contributed by atoms with E-state index in [2.05, 4.69) is 69.3 Å². The maximum Gasteiger partial charge on any atom is -0.00349 e. The monoisotopic (exact) mass is 321 g/mol. The summed E-state index contributed by atoms with van der Waals surface area (Å²) in [6.45, 7) is 7.08. The molecule has 129 valence electrons. The van der Waals surface area contributed by atoms with Gasteiger partial charge in [0.2, 0.25) is 0 Å². The first-order valence-electron chi connectivity index (χ1n) is 9.67. The second-order valence-electron chi connectivity index (χ2n) is 7.53. The van der Waals surface area contributed by atoms with E-state index in [1.165, 1.54) is 56.1 Å². The Kier molecular flexibility index (Phi) is 7.56. The van der Waals surface area contributed by atoms with E-state index < -0.39 is 0 Å². The fourth-order valence-electron chi connectivity index (χ4n) is 3.78. The van der Waals surface area contributed by atoms with Gasteiger partial charge in [0, 0.05) is 0 Å². The highest BCUT2D eigenvalue weighted by Crippen LogP contribution is 2.41. The average Bonchev–Trinajstić information content (AvgIpc) is 2.62. The Balaban J connectivity index is 2.09. The molecule has 0 nitrogen and oxygen atoms in total. The summed E-state index contributed by atoms with van der Waals surface area (Å²) in [7, 11) is 0. The highest BCUT2D eigenvalue weighted by Gasteiger charge is 2.31. The van der Waals surface area contributed by atoms with Gasteiger partial charge in [0.25, 0.3) is 0 Å². The quantitative estimate of drug-likeness (QED) is 0.403. The molecule has 0 saturated heterocycles. The summed E-state index contributed by atoms with van der Waals surface area (Å²) >= 11 is 0. The van der Waals surface area contributed by atoms with Crippen LogP contribution in [0.15, 0.2) is 54.6 Å². The molecule has 2 aromatic rings. The lowest BCUT2D eigenvalue weighted by Gasteiger charge is -2.36. The molecule has 1 radical (unpaired) electrons. The van der Waals surface area contributed by atoms with Gasteiger partial charge in [0.15, 0.2) is 0 Å². The minimum Gasteiger partial charge on any atom is -0.0654 e. The van der Waals surface area contributed by atoms with Crippen LogP contribution < -0.4 is 0 Å². The molecular formula is C24H33. The van der Waals surface area contributed by atoms with Crippen molar-refractivity contribution < 1.29 is 0 Å². The third kappa shape index (κ3) is 5.23. The number of hydrogen-bond acceptors (Lipinski definition) is 0. The van der Waals surface area contributed by atoms with Gasteiger partial charge in [-0.25, -0.2) is 0 Å². The van der Waals surface area contributed by atoms with E-state index >= 15 is 0 Å². The molecule has 2 rings (SSSR count). The van der Waals surface area contributed by atoms with Crippen molar-refractivity contribution in [2.24, 2.45) is 0 Å². The standard InChI is InChI=1S/C24H33/c1-4-5-6-7-8-15-20-23(21-16-11-9-12-17-21)24(2,3)22-18-13-10-14-19-22/h9,11-14,16-19,23H,4-8,15,20H2,1-3H3. The molecule has 0 spiro atoms. The molecule has 0 aliphatic heterocycles. The van der Waals surface area contributed by atoms with Crippen LogP contribution in [-0.4, -0.2) is 0 Å². The minimum absolute atomic E-state index is 0.139. The maximum absolute atomic E-state index is 3.16. The second-order valence-corrected chi connectivity index (χ2v) is 7.53. The molecule has 24 heavy (non-hydrogen) atoms. The van der Waals surface area contributed by atoms with E-state index in [4.69, 9.17) is 0 Å². The summed E-state index contributed by atoms with van der Waals surface area (Å²) in [5, 5.41) is 0. The molecule has 0 saturated carbocycles. The van der Waals surface area contributed by atoms with Crippen LogP contribution in [0.4, 0.5) is 0 Å². The van der Waals surface area contributed by atoms with Crippen LogP contribution >= 0.6 is 0 Å². The first-order valence-corrected chi connectivity index (χ1v) is 9.67. The lowest BCUT2D eigenvalue weighted by molar-refractivity contribution is 0.375. The Morgan fingerprint density at radius 1 is 0.833 bits per heavy atom. The van der Waals surface area contributed by atoms with E-state index in [1.807, 2.05) is 12.1 Å². The van der Waals surface area contributed by atoms with Gasteiger partial charge in [0.1, 0.15) is 0 Å². The van der Waals surface area contributed by atoms with E-state index in [0.717, 1.165) is 0 Å². The molecule has 0 aromatic heterocycles. The van der Waals surface area contributed by atoms with E-state index in [1.54, 1.807) is 0 Å². The van der Waals surface area contributed by atoms with Crippen molar-refractivity contribution >= 4 is 0 Å². The average molecular weight is 322 g/mol. The normalized spacial score (nSPS) is 13.0. The lowest BCUT2D eigenvalue weighted by atomic mass is 9.68.